The minimum absolute atomic E-state index is 0.0931. The molecule has 0 radical (unpaired) electrons. The second-order valence-electron chi connectivity index (χ2n) is 6.78. The van der Waals surface area contributed by atoms with Crippen LogP contribution in [-0.2, 0) is 21.4 Å². The first-order valence-corrected chi connectivity index (χ1v) is 11.1. The summed E-state index contributed by atoms with van der Waals surface area (Å²) in [5.74, 6) is -0.895. The molecule has 3 aromatic rings. The molecule has 0 saturated carbocycles. The molecule has 0 heterocycles. The van der Waals surface area contributed by atoms with Crippen molar-refractivity contribution in [1.82, 2.24) is 4.72 Å². The molecule has 7 heteroatoms. The molecule has 30 heavy (non-hydrogen) atoms. The fraction of sp³-hybridized carbons (Fsp3) is 0.174. The highest BCUT2D eigenvalue weighted by Gasteiger charge is 2.29. The number of para-hydroxylation sites is 1. The van der Waals surface area contributed by atoms with Crippen molar-refractivity contribution >= 4 is 21.6 Å². The monoisotopic (exact) mass is 426 g/mol. The molecule has 5 nitrogen and oxygen atoms in total. The van der Waals surface area contributed by atoms with Crippen molar-refractivity contribution in [3.8, 4) is 0 Å². The molecule has 156 valence electrons. The molecular weight excluding hydrogens is 403 g/mol. The minimum Gasteiger partial charge on any atom is -0.307 e. The third-order valence-electron chi connectivity index (χ3n) is 4.65. The fourth-order valence-corrected chi connectivity index (χ4v) is 4.31. The average Bonchev–Trinajstić information content (AvgIpc) is 2.77. The lowest BCUT2D eigenvalue weighted by Crippen LogP contribution is -2.48. The number of halogens is 1. The largest absolute Gasteiger partial charge is 0.307 e. The number of hydrogen-bond donors (Lipinski definition) is 1. The van der Waals surface area contributed by atoms with Crippen molar-refractivity contribution in [1.29, 1.82) is 0 Å². The summed E-state index contributed by atoms with van der Waals surface area (Å²) in [6.07, 6.45) is 0.261. The molecule has 0 aliphatic rings. The van der Waals surface area contributed by atoms with Crippen molar-refractivity contribution in [3.63, 3.8) is 0 Å². The normalized spacial score (nSPS) is 12.3. The lowest BCUT2D eigenvalue weighted by molar-refractivity contribution is -0.120. The summed E-state index contributed by atoms with van der Waals surface area (Å²) < 4.78 is 41.1. The number of anilines is 1. The Kier molecular flexibility index (Phi) is 6.97. The molecule has 0 fully saturated rings. The van der Waals surface area contributed by atoms with E-state index in [-0.39, 0.29) is 17.2 Å². The topological polar surface area (TPSA) is 66.5 Å². The van der Waals surface area contributed by atoms with E-state index in [1.54, 1.807) is 11.8 Å². The summed E-state index contributed by atoms with van der Waals surface area (Å²) in [6, 6.07) is 22.1. The van der Waals surface area contributed by atoms with Gasteiger partial charge in [-0.05, 0) is 48.4 Å². The van der Waals surface area contributed by atoms with Crippen LogP contribution in [0.1, 0.15) is 18.9 Å². The molecule has 1 amide bonds. The Morgan fingerprint density at radius 2 is 1.50 bits per heavy atom. The maximum Gasteiger partial charge on any atom is 0.245 e. The van der Waals surface area contributed by atoms with Crippen LogP contribution in [0.4, 0.5) is 10.1 Å². The van der Waals surface area contributed by atoms with Crippen LogP contribution in [0.15, 0.2) is 89.8 Å². The van der Waals surface area contributed by atoms with Crippen molar-refractivity contribution in [2.24, 2.45) is 0 Å². The van der Waals surface area contributed by atoms with Crippen LogP contribution in [0.25, 0.3) is 0 Å². The van der Waals surface area contributed by atoms with Crippen LogP contribution in [-0.4, -0.2) is 20.4 Å². The van der Waals surface area contributed by atoms with Crippen LogP contribution in [0, 0.1) is 5.82 Å². The van der Waals surface area contributed by atoms with Crippen molar-refractivity contribution in [2.75, 3.05) is 4.90 Å². The van der Waals surface area contributed by atoms with Gasteiger partial charge in [0.25, 0.3) is 0 Å². The number of benzene rings is 3. The van der Waals surface area contributed by atoms with E-state index in [9.17, 15) is 17.6 Å². The number of carbonyl (C=O) groups excluding carboxylic acids is 1. The zero-order chi connectivity index (χ0) is 21.6. The number of carbonyl (C=O) groups is 1. The summed E-state index contributed by atoms with van der Waals surface area (Å²) >= 11 is 0. The van der Waals surface area contributed by atoms with Gasteiger partial charge in [-0.25, -0.2) is 12.8 Å². The molecule has 1 atom stereocenters. The predicted molar refractivity (Wildman–Crippen MR) is 115 cm³/mol. The fourth-order valence-electron chi connectivity index (χ4n) is 3.04. The molecule has 3 rings (SSSR count). The number of nitrogens with one attached hydrogen (secondary N) is 1. The van der Waals surface area contributed by atoms with Gasteiger partial charge in [0.2, 0.25) is 15.9 Å². The zero-order valence-electron chi connectivity index (χ0n) is 16.5. The number of nitrogens with zero attached hydrogens (tertiary/aromatic N) is 1. The van der Waals surface area contributed by atoms with Gasteiger partial charge in [-0.2, -0.15) is 4.72 Å². The Labute approximate surface area is 176 Å². The quantitative estimate of drug-likeness (QED) is 0.589. The van der Waals surface area contributed by atoms with E-state index >= 15 is 0 Å². The lowest BCUT2D eigenvalue weighted by atomic mass is 10.1. The second kappa shape index (κ2) is 9.65. The molecule has 0 bridgehead atoms. The first-order chi connectivity index (χ1) is 14.4. The van der Waals surface area contributed by atoms with Crippen LogP contribution >= 0.6 is 0 Å². The first kappa shape index (κ1) is 21.7. The smallest absolute Gasteiger partial charge is 0.245 e. The zero-order valence-corrected chi connectivity index (χ0v) is 17.3. The van der Waals surface area contributed by atoms with E-state index in [2.05, 4.69) is 4.72 Å². The van der Waals surface area contributed by atoms with Crippen molar-refractivity contribution in [2.45, 2.75) is 30.8 Å². The third kappa shape index (κ3) is 5.31. The van der Waals surface area contributed by atoms with E-state index in [1.165, 1.54) is 12.1 Å². The SMILES string of the molecule is CCC(NS(=O)(=O)c1ccc(F)cc1)C(=O)N(Cc1ccccc1)c1ccccc1. The Morgan fingerprint density at radius 1 is 0.933 bits per heavy atom. The number of sulfonamides is 1. The van der Waals surface area contributed by atoms with E-state index < -0.39 is 21.9 Å². The van der Waals surface area contributed by atoms with Gasteiger partial charge in [-0.1, -0.05) is 55.5 Å². The van der Waals surface area contributed by atoms with Gasteiger partial charge in [0.05, 0.1) is 11.4 Å². The number of hydrogen-bond acceptors (Lipinski definition) is 3. The molecule has 3 aromatic carbocycles. The molecule has 0 aliphatic heterocycles. The van der Waals surface area contributed by atoms with Crippen LogP contribution in [0.5, 0.6) is 0 Å². The maximum absolute atomic E-state index is 13.4. The maximum atomic E-state index is 13.4. The van der Waals surface area contributed by atoms with Gasteiger partial charge in [-0.15, -0.1) is 0 Å². The molecule has 1 unspecified atom stereocenters. The summed E-state index contributed by atoms with van der Waals surface area (Å²) in [5, 5.41) is 0. The summed E-state index contributed by atoms with van der Waals surface area (Å²) in [4.78, 5) is 14.9. The Morgan fingerprint density at radius 3 is 2.07 bits per heavy atom. The lowest BCUT2D eigenvalue weighted by Gasteiger charge is -2.27. The second-order valence-corrected chi connectivity index (χ2v) is 8.50. The molecule has 1 N–H and O–H groups in total. The third-order valence-corrected chi connectivity index (χ3v) is 6.13. The van der Waals surface area contributed by atoms with E-state index in [0.29, 0.717) is 12.2 Å². The van der Waals surface area contributed by atoms with E-state index in [1.807, 2.05) is 60.7 Å². The van der Waals surface area contributed by atoms with Crippen LogP contribution < -0.4 is 9.62 Å². The highest BCUT2D eigenvalue weighted by molar-refractivity contribution is 7.89. The molecule has 0 aromatic heterocycles. The van der Waals surface area contributed by atoms with Crippen LogP contribution in [0.3, 0.4) is 0 Å². The van der Waals surface area contributed by atoms with Gasteiger partial charge >= 0.3 is 0 Å². The molecule has 0 aliphatic carbocycles. The predicted octanol–water partition coefficient (Wildman–Crippen LogP) is 4.12. The highest BCUT2D eigenvalue weighted by Crippen LogP contribution is 2.20. The highest BCUT2D eigenvalue weighted by atomic mass is 32.2. The Bertz CT molecular complexity index is 1070. The first-order valence-electron chi connectivity index (χ1n) is 9.59. The van der Waals surface area contributed by atoms with Gasteiger partial charge in [-0.3, -0.25) is 4.79 Å². The molecule has 0 saturated heterocycles. The standard InChI is InChI=1S/C23H23FN2O3S/c1-2-22(25-30(28,29)21-15-13-19(24)14-16-21)23(27)26(20-11-7-4-8-12-20)17-18-9-5-3-6-10-18/h3-16,22,25H,2,17H2,1H3. The number of amides is 1. The van der Waals surface area contributed by atoms with Crippen molar-refractivity contribution in [3.05, 3.63) is 96.3 Å². The number of rotatable bonds is 8. The van der Waals surface area contributed by atoms with E-state index in [4.69, 9.17) is 0 Å². The van der Waals surface area contributed by atoms with Crippen LogP contribution in [0.2, 0.25) is 0 Å². The van der Waals surface area contributed by atoms with Gasteiger partial charge in [0.15, 0.2) is 0 Å². The Balaban J connectivity index is 1.88. The summed E-state index contributed by atoms with van der Waals surface area (Å²) in [7, 11) is -3.99. The van der Waals surface area contributed by atoms with Gasteiger partial charge < -0.3 is 4.90 Å². The van der Waals surface area contributed by atoms with Crippen molar-refractivity contribution < 1.29 is 17.6 Å². The average molecular weight is 427 g/mol. The molecular formula is C23H23FN2O3S. The van der Waals surface area contributed by atoms with E-state index in [0.717, 1.165) is 17.7 Å². The minimum atomic E-state index is -3.99. The summed E-state index contributed by atoms with van der Waals surface area (Å²) in [6.45, 7) is 2.04. The molecule has 0 spiro atoms. The Hall–Kier alpha value is -3.03. The van der Waals surface area contributed by atoms with Gasteiger partial charge in [0.1, 0.15) is 11.9 Å². The summed E-state index contributed by atoms with van der Waals surface area (Å²) in [5.41, 5.74) is 1.59. The van der Waals surface area contributed by atoms with Gasteiger partial charge in [0, 0.05) is 5.69 Å².